The molecular weight excluding hydrogens is 195 g/mol. The van der Waals surface area contributed by atoms with Crippen LogP contribution in [0.25, 0.3) is 0 Å². The zero-order chi connectivity index (χ0) is 11.4. The molecule has 0 rings (SSSR count). The minimum atomic E-state index is -4.51. The summed E-state index contributed by atoms with van der Waals surface area (Å²) < 4.78 is 36.2. The quantitative estimate of drug-likeness (QED) is 0.566. The van der Waals surface area contributed by atoms with Crippen molar-refractivity contribution in [1.82, 2.24) is 0 Å². The topological polar surface area (TPSA) is 43.1 Å². The summed E-state index contributed by atoms with van der Waals surface area (Å²) in [5.41, 5.74) is 3.75. The lowest BCUT2D eigenvalue weighted by atomic mass is 10.1. The van der Waals surface area contributed by atoms with E-state index in [1.807, 2.05) is 0 Å². The predicted molar refractivity (Wildman–Crippen MR) is 47.3 cm³/mol. The Labute approximate surface area is 79.6 Å². The van der Waals surface area contributed by atoms with Gasteiger partial charge >= 0.3 is 6.18 Å². The number of carbonyl (C=O) groups excluding carboxylic acids is 1. The molecule has 0 unspecified atom stereocenters. The van der Waals surface area contributed by atoms with E-state index in [1.54, 1.807) is 0 Å². The van der Waals surface area contributed by atoms with Crippen molar-refractivity contribution in [2.75, 3.05) is 0 Å². The monoisotopic (exact) mass is 205 g/mol. The molecule has 0 bridgehead atoms. The van der Waals surface area contributed by atoms with Crippen LogP contribution in [0.3, 0.4) is 0 Å². The van der Waals surface area contributed by atoms with Crippen molar-refractivity contribution in [2.45, 2.75) is 13.1 Å². The fourth-order valence-electron chi connectivity index (χ4n) is 0.552. The maximum Gasteiger partial charge on any atom is 0.417 e. The van der Waals surface area contributed by atoms with Crippen molar-refractivity contribution in [1.29, 1.82) is 0 Å². The van der Waals surface area contributed by atoms with Crippen molar-refractivity contribution >= 4 is 5.78 Å². The Morgan fingerprint density at radius 3 is 2.14 bits per heavy atom. The van der Waals surface area contributed by atoms with Gasteiger partial charge < -0.3 is 5.73 Å². The van der Waals surface area contributed by atoms with Crippen molar-refractivity contribution in [3.8, 4) is 0 Å². The normalized spacial score (nSPS) is 13.3. The Bertz CT molecular complexity index is 300. The standard InChI is InChI=1S/C9H10F3NO/c1-6(7(2)14)3-4-8(5-13)9(10,11)12/h3-5H,1,13H2,2H3/b4-3-,8-5+. The van der Waals surface area contributed by atoms with Crippen molar-refractivity contribution in [2.24, 2.45) is 5.73 Å². The van der Waals surface area contributed by atoms with Crippen molar-refractivity contribution < 1.29 is 18.0 Å². The molecule has 5 heteroatoms. The lowest BCUT2D eigenvalue weighted by Crippen LogP contribution is -2.11. The maximum absolute atomic E-state index is 12.1. The number of ketones is 1. The Morgan fingerprint density at radius 1 is 1.36 bits per heavy atom. The van der Waals surface area contributed by atoms with Crippen LogP contribution in [0.4, 0.5) is 13.2 Å². The van der Waals surface area contributed by atoms with Gasteiger partial charge in [-0.2, -0.15) is 13.2 Å². The van der Waals surface area contributed by atoms with Gasteiger partial charge in [-0.05, 0) is 13.0 Å². The van der Waals surface area contributed by atoms with Crippen LogP contribution in [0.2, 0.25) is 0 Å². The van der Waals surface area contributed by atoms with E-state index in [1.165, 1.54) is 6.92 Å². The van der Waals surface area contributed by atoms with Gasteiger partial charge in [0.15, 0.2) is 5.78 Å². The summed E-state index contributed by atoms with van der Waals surface area (Å²) in [6.45, 7) is 4.49. The Morgan fingerprint density at radius 2 is 1.86 bits per heavy atom. The molecule has 0 aliphatic heterocycles. The number of alkyl halides is 3. The molecule has 0 heterocycles. The van der Waals surface area contributed by atoms with E-state index in [2.05, 4.69) is 6.58 Å². The molecule has 0 aromatic carbocycles. The number of carbonyl (C=O) groups is 1. The average Bonchev–Trinajstić information content (AvgIpc) is 2.02. The minimum Gasteiger partial charge on any atom is -0.404 e. The highest BCUT2D eigenvalue weighted by molar-refractivity contribution is 5.95. The molecule has 0 aliphatic carbocycles. The van der Waals surface area contributed by atoms with Gasteiger partial charge in [-0.15, -0.1) is 0 Å². The van der Waals surface area contributed by atoms with E-state index in [0.29, 0.717) is 12.3 Å². The molecule has 0 aliphatic rings. The highest BCUT2D eigenvalue weighted by Gasteiger charge is 2.31. The van der Waals surface area contributed by atoms with Gasteiger partial charge in [0.25, 0.3) is 0 Å². The van der Waals surface area contributed by atoms with Crippen molar-refractivity contribution in [3.05, 3.63) is 36.1 Å². The van der Waals surface area contributed by atoms with E-state index in [4.69, 9.17) is 5.73 Å². The number of Topliss-reactive ketones (excluding diaryl/α,β-unsaturated/α-hetero) is 1. The van der Waals surface area contributed by atoms with Crippen LogP contribution >= 0.6 is 0 Å². The number of rotatable bonds is 3. The third-order valence-electron chi connectivity index (χ3n) is 1.42. The summed E-state index contributed by atoms with van der Waals surface area (Å²) >= 11 is 0. The number of halogens is 3. The van der Waals surface area contributed by atoms with Gasteiger partial charge in [-0.1, -0.05) is 12.7 Å². The Balaban J connectivity index is 4.67. The summed E-state index contributed by atoms with van der Waals surface area (Å²) in [5.74, 6) is -0.389. The SMILES string of the molecule is C=C(/C=C\C(=C/N)C(F)(F)F)C(C)=O. The summed E-state index contributed by atoms with van der Waals surface area (Å²) in [7, 11) is 0. The number of allylic oxidation sites excluding steroid dienone is 4. The molecule has 0 saturated heterocycles. The number of nitrogens with two attached hydrogens (primary N) is 1. The maximum atomic E-state index is 12.1. The van der Waals surface area contributed by atoms with Crippen LogP contribution in [0.15, 0.2) is 36.1 Å². The molecule has 0 aromatic rings. The fourth-order valence-corrected chi connectivity index (χ4v) is 0.552. The summed E-state index contributed by atoms with van der Waals surface area (Å²) in [4.78, 5) is 10.6. The minimum absolute atomic E-state index is 0.00593. The molecule has 0 radical (unpaired) electrons. The molecule has 0 aromatic heterocycles. The van der Waals surface area contributed by atoms with Gasteiger partial charge in [0.2, 0.25) is 0 Å². The first-order chi connectivity index (χ1) is 6.29. The second kappa shape index (κ2) is 4.64. The third kappa shape index (κ3) is 3.93. The Kier molecular flexibility index (Phi) is 4.14. The van der Waals surface area contributed by atoms with Gasteiger partial charge in [-0.25, -0.2) is 0 Å². The first-order valence-electron chi connectivity index (χ1n) is 3.66. The molecule has 0 atom stereocenters. The zero-order valence-electron chi connectivity index (χ0n) is 7.56. The first kappa shape index (κ1) is 12.5. The van der Waals surface area contributed by atoms with Crippen molar-refractivity contribution in [3.63, 3.8) is 0 Å². The lowest BCUT2D eigenvalue weighted by molar-refractivity contribution is -0.113. The number of hydrogen-bond acceptors (Lipinski definition) is 2. The van der Waals surface area contributed by atoms with E-state index in [-0.39, 0.29) is 11.4 Å². The van der Waals surface area contributed by atoms with E-state index >= 15 is 0 Å². The van der Waals surface area contributed by atoms with Crippen LogP contribution in [-0.4, -0.2) is 12.0 Å². The van der Waals surface area contributed by atoms with Crippen LogP contribution in [-0.2, 0) is 4.79 Å². The zero-order valence-corrected chi connectivity index (χ0v) is 7.56. The van der Waals surface area contributed by atoms with Gasteiger partial charge in [-0.3, -0.25) is 4.79 Å². The molecule has 0 saturated carbocycles. The first-order valence-corrected chi connectivity index (χ1v) is 3.66. The van der Waals surface area contributed by atoms with Gasteiger partial charge in [0, 0.05) is 11.8 Å². The summed E-state index contributed by atoms with van der Waals surface area (Å²) in [5, 5.41) is 0. The molecule has 0 fully saturated rings. The highest BCUT2D eigenvalue weighted by Crippen LogP contribution is 2.25. The van der Waals surface area contributed by atoms with E-state index in [0.717, 1.165) is 6.08 Å². The van der Waals surface area contributed by atoms with Crippen LogP contribution in [0.5, 0.6) is 0 Å². The molecule has 0 spiro atoms. The van der Waals surface area contributed by atoms with Crippen LogP contribution in [0.1, 0.15) is 6.92 Å². The van der Waals surface area contributed by atoms with Gasteiger partial charge in [0.1, 0.15) is 0 Å². The largest absolute Gasteiger partial charge is 0.417 e. The summed E-state index contributed by atoms with van der Waals surface area (Å²) in [6.07, 6.45) is -2.38. The fraction of sp³-hybridized carbons (Fsp3) is 0.222. The molecule has 2 N–H and O–H groups in total. The second-order valence-corrected chi connectivity index (χ2v) is 2.53. The Hall–Kier alpha value is -1.52. The van der Waals surface area contributed by atoms with E-state index < -0.39 is 11.7 Å². The number of hydrogen-bond donors (Lipinski definition) is 1. The summed E-state index contributed by atoms with van der Waals surface area (Å²) in [6, 6.07) is 0. The smallest absolute Gasteiger partial charge is 0.404 e. The second-order valence-electron chi connectivity index (χ2n) is 2.53. The lowest BCUT2D eigenvalue weighted by Gasteiger charge is -2.05. The van der Waals surface area contributed by atoms with Crippen LogP contribution < -0.4 is 5.73 Å². The molecule has 2 nitrogen and oxygen atoms in total. The molecule has 0 amide bonds. The predicted octanol–water partition coefficient (Wildman–Crippen LogP) is 2.09. The van der Waals surface area contributed by atoms with Gasteiger partial charge in [0.05, 0.1) is 5.57 Å². The third-order valence-corrected chi connectivity index (χ3v) is 1.42. The molecular formula is C9H10F3NO. The molecule has 14 heavy (non-hydrogen) atoms. The van der Waals surface area contributed by atoms with E-state index in [9.17, 15) is 18.0 Å². The van der Waals surface area contributed by atoms with Crippen LogP contribution in [0, 0.1) is 0 Å². The highest BCUT2D eigenvalue weighted by atomic mass is 19.4. The average molecular weight is 205 g/mol. The molecule has 78 valence electrons.